The second-order valence-electron chi connectivity index (χ2n) is 30.1. The van der Waals surface area contributed by atoms with E-state index in [2.05, 4.69) is 61.5 Å². The molecule has 35 heteroatoms. The Morgan fingerprint density at radius 2 is 1.17 bits per heavy atom. The van der Waals surface area contributed by atoms with Crippen molar-refractivity contribution < 1.29 is 119 Å². The van der Waals surface area contributed by atoms with Crippen molar-refractivity contribution in [2.45, 2.75) is 129 Å². The molecule has 0 saturated carbocycles. The SMILES string of the molecule is CC[C@@]1(O)C(=O)OCc2c1cc1n(c2=O)Cc2c-1nc1cc(F)c(C)c3c1c2[C@@H](NC(=O)OCc1ccc(NC(=O)[C@H](C)NC(=O)[C@@H](NC(=O)[C@H](CCCCNC(=O)COCCOCCOCCOCCOCCOCCOCCOC)NC(=O)COCCOCCOCCOCCNC(=O)OCC2c4ccccc4-c4ccccc42)C(C)C)cc1)CC3. The van der Waals surface area contributed by atoms with E-state index in [1.165, 1.54) is 17.6 Å². The third-order valence-electron chi connectivity index (χ3n) is 21.3. The van der Waals surface area contributed by atoms with Crippen molar-refractivity contribution in [3.05, 3.63) is 151 Å². The fraction of sp³-hybridized carbons (Fsp3) is 0.545. The second-order valence-corrected chi connectivity index (χ2v) is 30.1. The maximum absolute atomic E-state index is 15.6. The van der Waals surface area contributed by atoms with Crippen molar-refractivity contribution >= 4 is 64.3 Å². The largest absolute Gasteiger partial charge is 0.458 e. The van der Waals surface area contributed by atoms with Crippen LogP contribution in [0.3, 0.4) is 0 Å². The van der Waals surface area contributed by atoms with Crippen molar-refractivity contribution in [1.82, 2.24) is 41.5 Å². The Morgan fingerprint density at radius 3 is 1.75 bits per heavy atom. The Labute approximate surface area is 713 Å². The molecule has 4 aliphatic rings. The molecule has 5 atom stereocenters. The minimum Gasteiger partial charge on any atom is -0.458 e. The highest BCUT2D eigenvalue weighted by atomic mass is 19.1. The monoisotopic (exact) mass is 1720 g/mol. The summed E-state index contributed by atoms with van der Waals surface area (Å²) in [7, 11) is 1.62. The van der Waals surface area contributed by atoms with Gasteiger partial charge in [0.05, 0.1) is 174 Å². The number of pyridine rings is 2. The van der Waals surface area contributed by atoms with Crippen LogP contribution < -0.4 is 42.8 Å². The summed E-state index contributed by atoms with van der Waals surface area (Å²) in [5.74, 6) is -4.82. The Morgan fingerprint density at radius 1 is 0.610 bits per heavy atom. The minimum atomic E-state index is -2.06. The number of rotatable bonds is 56. The Hall–Kier alpha value is -9.99. The van der Waals surface area contributed by atoms with E-state index in [0.29, 0.717) is 155 Å². The Kier molecular flexibility index (Phi) is 38.3. The van der Waals surface area contributed by atoms with Gasteiger partial charge in [0.1, 0.15) is 57.0 Å². The molecule has 0 unspecified atom stereocenters. The number of carbonyl (C=O) groups excluding carboxylic acids is 8. The van der Waals surface area contributed by atoms with Gasteiger partial charge in [-0.25, -0.2) is 23.8 Å². The highest BCUT2D eigenvalue weighted by Crippen LogP contribution is 2.47. The van der Waals surface area contributed by atoms with Gasteiger partial charge in [-0.3, -0.25) is 28.8 Å². The maximum atomic E-state index is 15.6. The number of amides is 7. The van der Waals surface area contributed by atoms with Crippen LogP contribution in [0, 0.1) is 18.7 Å². The molecule has 0 spiro atoms. The van der Waals surface area contributed by atoms with E-state index >= 15 is 4.39 Å². The summed E-state index contributed by atoms with van der Waals surface area (Å²) in [6.45, 7) is 14.9. The van der Waals surface area contributed by atoms with Gasteiger partial charge in [-0.15, -0.1) is 0 Å². The number of methoxy groups -OCH3 is 1. The van der Waals surface area contributed by atoms with Crippen LogP contribution in [0.15, 0.2) is 89.7 Å². The number of carbonyl (C=O) groups is 8. The van der Waals surface area contributed by atoms with Gasteiger partial charge in [0, 0.05) is 54.4 Å². The van der Waals surface area contributed by atoms with Gasteiger partial charge in [-0.1, -0.05) is 81.4 Å². The molecule has 2 aliphatic carbocycles. The van der Waals surface area contributed by atoms with E-state index in [0.717, 1.165) is 27.8 Å². The van der Waals surface area contributed by atoms with Crippen LogP contribution in [-0.4, -0.2) is 259 Å². The van der Waals surface area contributed by atoms with Gasteiger partial charge in [-0.05, 0) is 121 Å². The van der Waals surface area contributed by atoms with E-state index in [4.69, 9.17) is 76.0 Å². The molecule has 0 fully saturated rings. The molecule has 123 heavy (non-hydrogen) atoms. The molecule has 7 amide bonds. The summed E-state index contributed by atoms with van der Waals surface area (Å²) in [5.41, 5.74) is 6.63. The quantitative estimate of drug-likeness (QED) is 0.0120. The van der Waals surface area contributed by atoms with Crippen molar-refractivity contribution in [2.75, 3.05) is 184 Å². The van der Waals surface area contributed by atoms with Crippen molar-refractivity contribution in [2.24, 2.45) is 5.92 Å². The number of hydrogen-bond donors (Lipinski definition) is 8. The van der Waals surface area contributed by atoms with E-state index in [-0.39, 0.29) is 141 Å². The summed E-state index contributed by atoms with van der Waals surface area (Å²) in [5, 5.41) is 31.6. The normalized spacial score (nSPS) is 15.5. The number of fused-ring (bicyclic) bond motifs is 8. The molecule has 4 aromatic carbocycles. The highest BCUT2D eigenvalue weighted by molar-refractivity contribution is 5.99. The summed E-state index contributed by atoms with van der Waals surface area (Å²) in [6, 6.07) is 21.5. The first-order valence-electron chi connectivity index (χ1n) is 41.9. The standard InChI is InChI=1S/C88H116FN9O25/c1-7-88(108)69-48-74-80-66(50-98(74)84(104)68(69)53-121-85(88)105)78-71(24-23-61-57(4)70(89)49-73(95-80)77(61)78)96-87(107)122-51-59-19-21-60(22-20-59)93-81(101)58(5)92-83(103)79(56(2)3)97-82(102)72(18-12-13-25-90-75(99)54-119-46-44-117-43-41-116-39-38-115-37-36-114-35-34-113-33-32-111-29-28-109-6)94-76(100)55-120-47-45-118-42-40-112-31-30-110-27-26-91-86(106)123-52-67-64-16-10-8-14-62(64)63-15-9-11-17-65(63)67/h8-11,14-17,19-22,48-49,56,58,67,71-72,79,108H,7,12-13,18,23-47,50-55H2,1-6H3,(H,90,99)(H,91,106)(H,92,103)(H,93,101)(H,94,100)(H,96,107)(H,97,102)/t58-,71-,72-,79-,88-/m0/s1. The zero-order chi connectivity index (χ0) is 87.5. The van der Waals surface area contributed by atoms with E-state index < -0.39 is 95.5 Å². The molecule has 0 saturated heterocycles. The number of nitrogens with zero attached hydrogens (tertiary/aromatic N) is 2. The number of hydrogen-bond acceptors (Lipinski definition) is 26. The molecular weight excluding hydrogens is 1600 g/mol. The summed E-state index contributed by atoms with van der Waals surface area (Å²) in [6.07, 6.45) is 0.259. The average Bonchev–Trinajstić information content (AvgIpc) is 1.58. The molecule has 8 N–H and O–H groups in total. The van der Waals surface area contributed by atoms with Crippen LogP contribution in [0.4, 0.5) is 19.7 Å². The second kappa shape index (κ2) is 49.5. The lowest BCUT2D eigenvalue weighted by atomic mass is 9.81. The topological polar surface area (TPSA) is 414 Å². The number of ether oxygens (including phenoxy) is 15. The zero-order valence-corrected chi connectivity index (χ0v) is 70.8. The Bertz CT molecular complexity index is 4530. The third-order valence-corrected chi connectivity index (χ3v) is 21.3. The van der Waals surface area contributed by atoms with Crippen LogP contribution >= 0.6 is 0 Å². The number of unbranched alkanes of at least 4 members (excludes halogenated alkanes) is 1. The highest BCUT2D eigenvalue weighted by Gasteiger charge is 2.46. The van der Waals surface area contributed by atoms with Gasteiger partial charge in [0.25, 0.3) is 5.56 Å². The number of aromatic nitrogens is 2. The molecule has 0 radical (unpaired) electrons. The number of nitrogens with one attached hydrogen (secondary N) is 7. The third kappa shape index (κ3) is 27.5. The van der Waals surface area contributed by atoms with Crippen molar-refractivity contribution in [3.8, 4) is 22.5 Å². The number of halogens is 1. The fourth-order valence-electron chi connectivity index (χ4n) is 14.7. The van der Waals surface area contributed by atoms with Crippen molar-refractivity contribution in [3.63, 3.8) is 0 Å². The first-order chi connectivity index (χ1) is 59.7. The van der Waals surface area contributed by atoms with Crippen LogP contribution in [0.25, 0.3) is 33.4 Å². The molecule has 6 aromatic rings. The number of benzene rings is 4. The number of alkyl carbamates (subject to hydrolysis) is 2. The lowest BCUT2D eigenvalue weighted by Gasteiger charge is -2.31. The summed E-state index contributed by atoms with van der Waals surface area (Å²) < 4.78 is 99.3. The molecule has 2 aliphatic heterocycles. The van der Waals surface area contributed by atoms with Crippen LogP contribution in [-0.2, 0) is 132 Å². The zero-order valence-electron chi connectivity index (χ0n) is 70.8. The summed E-state index contributed by atoms with van der Waals surface area (Å²) >= 11 is 0. The van der Waals surface area contributed by atoms with Gasteiger partial charge in [-0.2, -0.15) is 0 Å². The van der Waals surface area contributed by atoms with Crippen molar-refractivity contribution in [1.29, 1.82) is 0 Å². The molecule has 0 bridgehead atoms. The first kappa shape index (κ1) is 95.2. The average molecular weight is 1720 g/mol. The molecule has 34 nitrogen and oxygen atoms in total. The van der Waals surface area contributed by atoms with Crippen LogP contribution in [0.2, 0.25) is 0 Å². The number of esters is 1. The van der Waals surface area contributed by atoms with E-state index in [9.17, 15) is 48.3 Å². The molecular formula is C88H116FN9O25. The van der Waals surface area contributed by atoms with Gasteiger partial charge < -0.3 is 118 Å². The molecule has 10 rings (SSSR count). The Balaban J connectivity index is 0.625. The lowest BCUT2D eigenvalue weighted by molar-refractivity contribution is -0.172. The van der Waals surface area contributed by atoms with Gasteiger partial charge in [0.2, 0.25) is 29.5 Å². The summed E-state index contributed by atoms with van der Waals surface area (Å²) in [4.78, 5) is 126. The predicted molar refractivity (Wildman–Crippen MR) is 446 cm³/mol. The number of anilines is 1. The first-order valence-corrected chi connectivity index (χ1v) is 41.9. The van der Waals surface area contributed by atoms with Crippen LogP contribution in [0.1, 0.15) is 122 Å². The minimum absolute atomic E-state index is 0.0334. The number of aryl methyl sites for hydroxylation is 1. The van der Waals surface area contributed by atoms with Gasteiger partial charge >= 0.3 is 18.2 Å². The smallest absolute Gasteiger partial charge is 0.407 e. The molecule has 2 aromatic heterocycles. The van der Waals surface area contributed by atoms with E-state index in [1.54, 1.807) is 65.1 Å². The lowest BCUT2D eigenvalue weighted by Crippen LogP contribution is -2.57. The predicted octanol–water partition coefficient (Wildman–Crippen LogP) is 6.16. The molecule has 670 valence electrons. The molecule has 4 heterocycles. The van der Waals surface area contributed by atoms with Crippen LogP contribution in [0.5, 0.6) is 0 Å². The number of aliphatic hydroxyl groups is 1. The maximum Gasteiger partial charge on any atom is 0.407 e. The number of cyclic esters (lactones) is 1. The fourth-order valence-corrected chi connectivity index (χ4v) is 14.7. The van der Waals surface area contributed by atoms with E-state index in [1.807, 2.05) is 24.3 Å². The van der Waals surface area contributed by atoms with Gasteiger partial charge in [0.15, 0.2) is 5.60 Å².